The second-order valence-corrected chi connectivity index (χ2v) is 6.97. The van der Waals surface area contributed by atoms with Crippen LogP contribution in [0.4, 0.5) is 0 Å². The summed E-state index contributed by atoms with van der Waals surface area (Å²) in [5, 5.41) is 0. The first-order chi connectivity index (χ1) is 12.0. The third-order valence-corrected chi connectivity index (χ3v) is 4.90. The first-order valence-electron chi connectivity index (χ1n) is 9.35. The van der Waals surface area contributed by atoms with E-state index >= 15 is 0 Å². The van der Waals surface area contributed by atoms with Crippen LogP contribution in [0.2, 0.25) is 0 Å². The van der Waals surface area contributed by atoms with Crippen molar-refractivity contribution in [3.8, 4) is 5.75 Å². The zero-order valence-electron chi connectivity index (χ0n) is 16.0. The lowest BCUT2D eigenvalue weighted by Gasteiger charge is -2.32. The van der Waals surface area contributed by atoms with Gasteiger partial charge in [-0.3, -0.25) is 9.69 Å². The van der Waals surface area contributed by atoms with Gasteiger partial charge in [0.2, 0.25) is 5.91 Å². The number of benzene rings is 1. The molecule has 0 N–H and O–H groups in total. The van der Waals surface area contributed by atoms with Gasteiger partial charge in [-0.2, -0.15) is 0 Å². The van der Waals surface area contributed by atoms with Gasteiger partial charge in [-0.05, 0) is 50.9 Å². The molecule has 1 aromatic carbocycles. The molecular formula is C21H32N2O2. The van der Waals surface area contributed by atoms with Crippen LogP contribution in [0.5, 0.6) is 5.75 Å². The molecule has 0 saturated carbocycles. The van der Waals surface area contributed by atoms with Crippen LogP contribution in [0.3, 0.4) is 0 Å². The molecule has 1 unspecified atom stereocenters. The maximum atomic E-state index is 12.8. The van der Waals surface area contributed by atoms with Crippen molar-refractivity contribution in [2.24, 2.45) is 0 Å². The second-order valence-electron chi connectivity index (χ2n) is 6.97. The minimum Gasteiger partial charge on any atom is -0.497 e. The highest BCUT2D eigenvalue weighted by molar-refractivity contribution is 5.78. The molecule has 0 bridgehead atoms. The molecule has 1 atom stereocenters. The number of methoxy groups -OCH3 is 1. The number of likely N-dealkylation sites (tertiary alicyclic amines) is 1. The average molecular weight is 344 g/mol. The van der Waals surface area contributed by atoms with Crippen molar-refractivity contribution in [2.45, 2.75) is 45.6 Å². The first-order valence-corrected chi connectivity index (χ1v) is 9.35. The Kier molecular flexibility index (Phi) is 7.51. The fourth-order valence-electron chi connectivity index (χ4n) is 3.54. The Morgan fingerprint density at radius 2 is 2.00 bits per heavy atom. The lowest BCUT2D eigenvalue weighted by atomic mass is 10.0. The van der Waals surface area contributed by atoms with Crippen molar-refractivity contribution >= 4 is 5.91 Å². The number of amides is 1. The molecule has 1 aliphatic rings. The molecule has 1 aromatic rings. The van der Waals surface area contributed by atoms with E-state index in [1.165, 1.54) is 18.4 Å². The zero-order valence-corrected chi connectivity index (χ0v) is 16.0. The zero-order chi connectivity index (χ0) is 18.2. The van der Waals surface area contributed by atoms with Gasteiger partial charge in [0.25, 0.3) is 0 Å². The van der Waals surface area contributed by atoms with Crippen LogP contribution >= 0.6 is 0 Å². The molecule has 1 amide bonds. The molecule has 1 heterocycles. The van der Waals surface area contributed by atoms with E-state index in [2.05, 4.69) is 23.6 Å². The molecule has 0 spiro atoms. The molecule has 0 radical (unpaired) electrons. The number of carbonyl (C=O) groups excluding carboxylic acids is 1. The molecule has 138 valence electrons. The predicted molar refractivity (Wildman–Crippen MR) is 103 cm³/mol. The summed E-state index contributed by atoms with van der Waals surface area (Å²) in [4.78, 5) is 17.1. The summed E-state index contributed by atoms with van der Waals surface area (Å²) in [5.74, 6) is 1.07. The molecular weight excluding hydrogens is 312 g/mol. The van der Waals surface area contributed by atoms with E-state index in [1.807, 2.05) is 30.9 Å². The minimum absolute atomic E-state index is 0.200. The Morgan fingerprint density at radius 3 is 2.60 bits per heavy atom. The van der Waals surface area contributed by atoms with Crippen LogP contribution < -0.4 is 4.74 Å². The van der Waals surface area contributed by atoms with Crippen molar-refractivity contribution in [3.05, 3.63) is 42.0 Å². The van der Waals surface area contributed by atoms with Crippen molar-refractivity contribution in [2.75, 3.05) is 33.3 Å². The highest BCUT2D eigenvalue weighted by Crippen LogP contribution is 2.31. The van der Waals surface area contributed by atoms with Gasteiger partial charge >= 0.3 is 0 Å². The van der Waals surface area contributed by atoms with Gasteiger partial charge in [0, 0.05) is 19.1 Å². The van der Waals surface area contributed by atoms with E-state index in [1.54, 1.807) is 7.11 Å². The predicted octanol–water partition coefficient (Wildman–Crippen LogP) is 4.04. The van der Waals surface area contributed by atoms with E-state index < -0.39 is 0 Å². The summed E-state index contributed by atoms with van der Waals surface area (Å²) in [6.07, 6.45) is 4.71. The summed E-state index contributed by atoms with van der Waals surface area (Å²) in [7, 11) is 1.69. The number of likely N-dealkylation sites (N-methyl/N-ethyl adjacent to an activating group) is 1. The maximum absolute atomic E-state index is 12.8. The number of rotatable bonds is 7. The first kappa shape index (κ1) is 19.5. The second kappa shape index (κ2) is 9.62. The molecule has 1 saturated heterocycles. The van der Waals surface area contributed by atoms with E-state index in [0.29, 0.717) is 19.1 Å². The van der Waals surface area contributed by atoms with Crippen molar-refractivity contribution in [1.82, 2.24) is 9.80 Å². The van der Waals surface area contributed by atoms with Crippen LogP contribution in [-0.4, -0.2) is 49.0 Å². The third kappa shape index (κ3) is 5.60. The van der Waals surface area contributed by atoms with Crippen molar-refractivity contribution in [1.29, 1.82) is 0 Å². The minimum atomic E-state index is 0.200. The molecule has 1 aliphatic heterocycles. The fraction of sp³-hybridized carbons (Fsp3) is 0.571. The number of hydrogen-bond donors (Lipinski definition) is 0. The number of ether oxygens (including phenoxy) is 1. The summed E-state index contributed by atoms with van der Waals surface area (Å²) in [6.45, 7) is 10.8. The van der Waals surface area contributed by atoms with Crippen LogP contribution in [0.1, 0.15) is 51.1 Å². The lowest BCUT2D eigenvalue weighted by molar-refractivity contribution is -0.132. The van der Waals surface area contributed by atoms with Crippen LogP contribution in [-0.2, 0) is 4.79 Å². The topological polar surface area (TPSA) is 32.8 Å². The molecule has 0 aliphatic carbocycles. The van der Waals surface area contributed by atoms with Crippen LogP contribution in [0.15, 0.2) is 36.4 Å². The van der Waals surface area contributed by atoms with Gasteiger partial charge in [0.1, 0.15) is 5.75 Å². The fourth-order valence-corrected chi connectivity index (χ4v) is 3.54. The smallest absolute Gasteiger partial charge is 0.237 e. The van der Waals surface area contributed by atoms with Gasteiger partial charge < -0.3 is 9.64 Å². The molecule has 4 nitrogen and oxygen atoms in total. The maximum Gasteiger partial charge on any atom is 0.237 e. The van der Waals surface area contributed by atoms with Crippen LogP contribution in [0, 0.1) is 0 Å². The van der Waals surface area contributed by atoms with Gasteiger partial charge in [-0.15, -0.1) is 0 Å². The Bertz CT molecular complexity index is 568. The third-order valence-electron chi connectivity index (χ3n) is 4.90. The van der Waals surface area contributed by atoms with E-state index in [-0.39, 0.29) is 5.91 Å². The highest BCUT2D eigenvalue weighted by Gasteiger charge is 2.26. The number of carbonyl (C=O) groups is 1. The van der Waals surface area contributed by atoms with Gasteiger partial charge in [-0.1, -0.05) is 37.1 Å². The Labute approximate surface area is 152 Å². The SMILES string of the molecule is C=C(C)CN(CC)C(=O)CN1CCCCCC1c1ccc(OC)cc1. The number of hydrogen-bond acceptors (Lipinski definition) is 3. The molecule has 0 aromatic heterocycles. The Balaban J connectivity index is 2.13. The van der Waals surface area contributed by atoms with E-state index in [0.717, 1.165) is 37.3 Å². The summed E-state index contributed by atoms with van der Waals surface area (Å²) in [6, 6.07) is 8.61. The standard InChI is InChI=1S/C21H32N2O2/c1-5-22(15-17(2)3)21(24)16-23-14-8-6-7-9-20(23)18-10-12-19(25-4)13-11-18/h10-13,20H,2,5-9,14-16H2,1,3-4H3. The van der Waals surface area contributed by atoms with Gasteiger partial charge in [-0.25, -0.2) is 0 Å². The highest BCUT2D eigenvalue weighted by atomic mass is 16.5. The quantitative estimate of drug-likeness (QED) is 0.700. The van der Waals surface area contributed by atoms with Crippen LogP contribution in [0.25, 0.3) is 0 Å². The molecule has 1 fully saturated rings. The monoisotopic (exact) mass is 344 g/mol. The van der Waals surface area contributed by atoms with Gasteiger partial charge in [0.15, 0.2) is 0 Å². The van der Waals surface area contributed by atoms with Crippen molar-refractivity contribution in [3.63, 3.8) is 0 Å². The summed E-state index contributed by atoms with van der Waals surface area (Å²) < 4.78 is 5.27. The van der Waals surface area contributed by atoms with Gasteiger partial charge in [0.05, 0.1) is 13.7 Å². The molecule has 2 rings (SSSR count). The number of nitrogens with zero attached hydrogens (tertiary/aromatic N) is 2. The molecule has 4 heteroatoms. The summed E-state index contributed by atoms with van der Waals surface area (Å²) in [5.41, 5.74) is 2.30. The van der Waals surface area contributed by atoms with E-state index in [9.17, 15) is 4.79 Å². The largest absolute Gasteiger partial charge is 0.497 e. The normalized spacial score (nSPS) is 18.4. The Hall–Kier alpha value is -1.81. The molecule has 25 heavy (non-hydrogen) atoms. The Morgan fingerprint density at radius 1 is 1.28 bits per heavy atom. The van der Waals surface area contributed by atoms with Crippen molar-refractivity contribution < 1.29 is 9.53 Å². The van der Waals surface area contributed by atoms with E-state index in [4.69, 9.17) is 4.74 Å². The summed E-state index contributed by atoms with van der Waals surface area (Å²) >= 11 is 0. The average Bonchev–Trinajstić information content (AvgIpc) is 2.85. The lowest BCUT2D eigenvalue weighted by Crippen LogP contribution is -2.42.